The average Bonchev–Trinajstić information content (AvgIpc) is 3.00. The molecule has 0 atom stereocenters. The van der Waals surface area contributed by atoms with E-state index in [1.165, 1.54) is 0 Å². The Kier molecular flexibility index (Phi) is 4.36. The van der Waals surface area contributed by atoms with Crippen LogP contribution >= 0.6 is 0 Å². The second-order valence-electron chi connectivity index (χ2n) is 5.70. The lowest BCUT2D eigenvalue weighted by Gasteiger charge is -2.33. The summed E-state index contributed by atoms with van der Waals surface area (Å²) in [5.41, 5.74) is 0.546. The minimum Gasteiger partial charge on any atom is -0.455 e. The zero-order valence-corrected chi connectivity index (χ0v) is 13.2. The number of carbonyl (C=O) groups excluding carboxylic acids is 3. The van der Waals surface area contributed by atoms with Crippen molar-refractivity contribution in [1.82, 2.24) is 9.80 Å². The van der Waals surface area contributed by atoms with Gasteiger partial charge in [-0.15, -0.1) is 0 Å². The fourth-order valence-electron chi connectivity index (χ4n) is 2.96. The quantitative estimate of drug-likeness (QED) is 0.829. The molecule has 23 heavy (non-hydrogen) atoms. The minimum atomic E-state index is -0.348. The van der Waals surface area contributed by atoms with Crippen LogP contribution in [0.4, 0.5) is 4.79 Å². The number of piperazine rings is 1. The van der Waals surface area contributed by atoms with Crippen LogP contribution in [0.25, 0.3) is 0 Å². The van der Waals surface area contributed by atoms with Crippen molar-refractivity contribution < 1.29 is 23.5 Å². The van der Waals surface area contributed by atoms with E-state index in [2.05, 4.69) is 0 Å². The summed E-state index contributed by atoms with van der Waals surface area (Å²) in [6.07, 6.45) is 1.63. The van der Waals surface area contributed by atoms with Crippen LogP contribution in [0.2, 0.25) is 0 Å². The highest BCUT2D eigenvalue weighted by molar-refractivity contribution is 6.01. The third kappa shape index (κ3) is 3.09. The van der Waals surface area contributed by atoms with Gasteiger partial charge in [0.15, 0.2) is 11.5 Å². The summed E-state index contributed by atoms with van der Waals surface area (Å²) >= 11 is 0. The van der Waals surface area contributed by atoms with Gasteiger partial charge in [0, 0.05) is 45.1 Å². The number of Topliss-reactive ketones (excluding diaryl/α,β-unsaturated/α-hetero) is 1. The molecule has 0 aromatic carbocycles. The normalized spacial score (nSPS) is 17.9. The molecule has 0 N–H and O–H groups in total. The van der Waals surface area contributed by atoms with Gasteiger partial charge in [0.1, 0.15) is 5.76 Å². The van der Waals surface area contributed by atoms with Crippen LogP contribution in [0.15, 0.2) is 10.5 Å². The Morgan fingerprint density at radius 1 is 1.17 bits per heavy atom. The maximum absolute atomic E-state index is 12.5. The average molecular weight is 320 g/mol. The molecule has 1 aromatic heterocycles. The molecule has 1 aliphatic heterocycles. The molecule has 2 amide bonds. The Morgan fingerprint density at radius 3 is 2.52 bits per heavy atom. The molecular weight excluding hydrogens is 300 g/mol. The van der Waals surface area contributed by atoms with Crippen LogP contribution in [0.1, 0.15) is 46.4 Å². The Labute approximate surface area is 134 Å². The van der Waals surface area contributed by atoms with E-state index >= 15 is 0 Å². The molecule has 0 spiro atoms. The van der Waals surface area contributed by atoms with Crippen molar-refractivity contribution in [2.75, 3.05) is 32.8 Å². The van der Waals surface area contributed by atoms with E-state index in [0.717, 1.165) is 6.42 Å². The van der Waals surface area contributed by atoms with E-state index in [1.807, 2.05) is 0 Å². The van der Waals surface area contributed by atoms with E-state index in [-0.39, 0.29) is 23.5 Å². The first-order chi connectivity index (χ1) is 11.1. The summed E-state index contributed by atoms with van der Waals surface area (Å²) in [5, 5.41) is 0. The maximum Gasteiger partial charge on any atom is 0.409 e. The monoisotopic (exact) mass is 320 g/mol. The minimum absolute atomic E-state index is 0.0428. The van der Waals surface area contributed by atoms with Gasteiger partial charge in [-0.25, -0.2) is 4.79 Å². The Hall–Kier alpha value is -2.31. The van der Waals surface area contributed by atoms with E-state index in [9.17, 15) is 14.4 Å². The highest BCUT2D eigenvalue weighted by atomic mass is 16.6. The van der Waals surface area contributed by atoms with Gasteiger partial charge in [-0.1, -0.05) is 0 Å². The molecule has 2 aliphatic rings. The lowest BCUT2D eigenvalue weighted by atomic mass is 9.97. The third-order valence-corrected chi connectivity index (χ3v) is 4.22. The van der Waals surface area contributed by atoms with Crippen LogP contribution in [-0.2, 0) is 11.2 Å². The van der Waals surface area contributed by atoms with Gasteiger partial charge >= 0.3 is 6.09 Å². The van der Waals surface area contributed by atoms with Gasteiger partial charge < -0.3 is 19.0 Å². The van der Waals surface area contributed by atoms with Crippen LogP contribution in [0.5, 0.6) is 0 Å². The molecule has 1 saturated heterocycles. The van der Waals surface area contributed by atoms with E-state index in [1.54, 1.807) is 22.8 Å². The Bertz CT molecular complexity index is 628. The number of carbonyl (C=O) groups is 3. The molecule has 124 valence electrons. The van der Waals surface area contributed by atoms with E-state index in [0.29, 0.717) is 57.0 Å². The molecular formula is C16H20N2O5. The molecule has 2 heterocycles. The van der Waals surface area contributed by atoms with Crippen LogP contribution < -0.4 is 0 Å². The van der Waals surface area contributed by atoms with Gasteiger partial charge in [0.2, 0.25) is 0 Å². The molecule has 0 bridgehead atoms. The first-order valence-electron chi connectivity index (χ1n) is 7.97. The van der Waals surface area contributed by atoms with Gasteiger partial charge in [0.25, 0.3) is 5.91 Å². The van der Waals surface area contributed by atoms with Crippen LogP contribution in [-0.4, -0.2) is 60.4 Å². The number of ketones is 1. The van der Waals surface area contributed by atoms with Crippen molar-refractivity contribution in [3.8, 4) is 0 Å². The van der Waals surface area contributed by atoms with Crippen molar-refractivity contribution in [1.29, 1.82) is 0 Å². The topological polar surface area (TPSA) is 80.1 Å². The third-order valence-electron chi connectivity index (χ3n) is 4.22. The summed E-state index contributed by atoms with van der Waals surface area (Å²) in [5.74, 6) is 0.654. The van der Waals surface area contributed by atoms with Gasteiger partial charge in [-0.2, -0.15) is 0 Å². The van der Waals surface area contributed by atoms with Crippen LogP contribution in [0, 0.1) is 0 Å². The van der Waals surface area contributed by atoms with Gasteiger partial charge in [0.05, 0.1) is 12.2 Å². The summed E-state index contributed by atoms with van der Waals surface area (Å²) in [4.78, 5) is 39.2. The second kappa shape index (κ2) is 6.44. The standard InChI is InChI=1S/C16H20N2O5/c1-2-22-16(21)18-8-6-17(7-9-18)15(20)14-10-11-12(19)4-3-5-13(11)23-14/h10H,2-9H2,1H3. The lowest BCUT2D eigenvalue weighted by molar-refractivity contribution is 0.0545. The molecule has 0 unspecified atom stereocenters. The summed E-state index contributed by atoms with van der Waals surface area (Å²) in [6.45, 7) is 3.82. The number of nitrogens with zero attached hydrogens (tertiary/aromatic N) is 2. The van der Waals surface area contributed by atoms with Crippen molar-refractivity contribution in [2.45, 2.75) is 26.2 Å². The maximum atomic E-state index is 12.5. The number of hydrogen-bond acceptors (Lipinski definition) is 5. The van der Waals surface area contributed by atoms with Crippen LogP contribution in [0.3, 0.4) is 0 Å². The molecule has 7 nitrogen and oxygen atoms in total. The number of hydrogen-bond donors (Lipinski definition) is 0. The molecule has 7 heteroatoms. The largest absolute Gasteiger partial charge is 0.455 e. The van der Waals surface area contributed by atoms with Crippen molar-refractivity contribution in [2.24, 2.45) is 0 Å². The van der Waals surface area contributed by atoms with Crippen molar-refractivity contribution in [3.63, 3.8) is 0 Å². The highest BCUT2D eigenvalue weighted by Gasteiger charge is 2.29. The summed E-state index contributed by atoms with van der Waals surface area (Å²) in [6, 6.07) is 1.57. The summed E-state index contributed by atoms with van der Waals surface area (Å²) < 4.78 is 10.5. The van der Waals surface area contributed by atoms with E-state index in [4.69, 9.17) is 9.15 Å². The first-order valence-corrected chi connectivity index (χ1v) is 7.97. The fourth-order valence-corrected chi connectivity index (χ4v) is 2.96. The number of rotatable bonds is 2. The highest BCUT2D eigenvalue weighted by Crippen LogP contribution is 2.25. The van der Waals surface area contributed by atoms with Crippen molar-refractivity contribution >= 4 is 17.8 Å². The van der Waals surface area contributed by atoms with E-state index < -0.39 is 0 Å². The summed E-state index contributed by atoms with van der Waals surface area (Å²) in [7, 11) is 0. The number of furan rings is 1. The van der Waals surface area contributed by atoms with Gasteiger partial charge in [-0.05, 0) is 13.3 Å². The number of amides is 2. The number of fused-ring (bicyclic) bond motifs is 1. The molecule has 3 rings (SSSR count). The number of aryl methyl sites for hydroxylation is 1. The molecule has 0 radical (unpaired) electrons. The van der Waals surface area contributed by atoms with Gasteiger partial charge in [-0.3, -0.25) is 9.59 Å². The number of ether oxygens (including phenoxy) is 1. The first kappa shape index (κ1) is 15.6. The Balaban J connectivity index is 1.64. The molecule has 1 aromatic rings. The fraction of sp³-hybridized carbons (Fsp3) is 0.562. The lowest BCUT2D eigenvalue weighted by Crippen LogP contribution is -2.50. The predicted molar refractivity (Wildman–Crippen MR) is 80.5 cm³/mol. The second-order valence-corrected chi connectivity index (χ2v) is 5.70. The predicted octanol–water partition coefficient (Wildman–Crippen LogP) is 1.71. The zero-order chi connectivity index (χ0) is 16.4. The van der Waals surface area contributed by atoms with Crippen molar-refractivity contribution in [3.05, 3.63) is 23.2 Å². The smallest absolute Gasteiger partial charge is 0.409 e. The molecule has 1 fully saturated rings. The SMILES string of the molecule is CCOC(=O)N1CCN(C(=O)c2cc3c(o2)CCCC3=O)CC1. The molecule has 1 aliphatic carbocycles. The molecule has 0 saturated carbocycles. The Morgan fingerprint density at radius 2 is 1.87 bits per heavy atom. The zero-order valence-electron chi connectivity index (χ0n) is 13.2.